The van der Waals surface area contributed by atoms with Crippen LogP contribution in [0.4, 0.5) is 0 Å². The summed E-state index contributed by atoms with van der Waals surface area (Å²) in [5.41, 5.74) is 3.01. The fraction of sp³-hybridized carbons (Fsp3) is 0.462. The van der Waals surface area contributed by atoms with Crippen LogP contribution in [0.5, 0.6) is 0 Å². The van der Waals surface area contributed by atoms with Crippen LogP contribution in [0.15, 0.2) is 18.2 Å². The minimum atomic E-state index is -0.225. The molecule has 15 heavy (non-hydrogen) atoms. The number of carbonyl (C=O) groups excluding carboxylic acids is 1. The molecular weight excluding hydrogens is 186 g/mol. The van der Waals surface area contributed by atoms with E-state index in [1.807, 2.05) is 26.0 Å². The molecule has 0 unspecified atom stereocenters. The van der Waals surface area contributed by atoms with Gasteiger partial charge in [0.25, 0.3) is 5.91 Å². The summed E-state index contributed by atoms with van der Waals surface area (Å²) in [6, 6.07) is 6.14. The summed E-state index contributed by atoms with van der Waals surface area (Å²) in [6.45, 7) is 8.42. The topological polar surface area (TPSA) is 29.1 Å². The molecule has 0 saturated carbocycles. The normalized spacial score (nSPS) is 17.8. The number of nitrogens with one attached hydrogen (secondary N) is 1. The van der Waals surface area contributed by atoms with Crippen LogP contribution in [-0.2, 0) is 5.54 Å². The average molecular weight is 203 g/mol. The van der Waals surface area contributed by atoms with Crippen LogP contribution in [0.1, 0.15) is 55.1 Å². The second-order valence-electron chi connectivity index (χ2n) is 5.04. The molecular formula is C13H17NO. The smallest absolute Gasteiger partial charge is 0.252 e. The van der Waals surface area contributed by atoms with Gasteiger partial charge in [0.1, 0.15) is 0 Å². The van der Waals surface area contributed by atoms with E-state index in [9.17, 15) is 4.79 Å². The second-order valence-corrected chi connectivity index (χ2v) is 5.04. The lowest BCUT2D eigenvalue weighted by Crippen LogP contribution is -2.32. The van der Waals surface area contributed by atoms with Crippen molar-refractivity contribution in [1.82, 2.24) is 5.32 Å². The molecule has 1 aromatic carbocycles. The van der Waals surface area contributed by atoms with Gasteiger partial charge in [-0.15, -0.1) is 0 Å². The summed E-state index contributed by atoms with van der Waals surface area (Å²) < 4.78 is 0. The Morgan fingerprint density at radius 3 is 2.53 bits per heavy atom. The largest absolute Gasteiger partial charge is 0.343 e. The van der Waals surface area contributed by atoms with E-state index in [1.165, 1.54) is 5.56 Å². The summed E-state index contributed by atoms with van der Waals surface area (Å²) in [5.74, 6) is 0.548. The Morgan fingerprint density at radius 1 is 1.27 bits per heavy atom. The van der Waals surface area contributed by atoms with E-state index in [-0.39, 0.29) is 11.4 Å². The zero-order chi connectivity index (χ0) is 11.2. The first-order valence-corrected chi connectivity index (χ1v) is 5.39. The third-order valence-corrected chi connectivity index (χ3v) is 3.05. The second kappa shape index (κ2) is 3.09. The van der Waals surface area contributed by atoms with Gasteiger partial charge in [-0.05, 0) is 37.0 Å². The molecule has 1 aliphatic heterocycles. The Bertz CT molecular complexity index is 419. The van der Waals surface area contributed by atoms with Gasteiger partial charge in [0, 0.05) is 5.56 Å². The average Bonchev–Trinajstić information content (AvgIpc) is 2.37. The van der Waals surface area contributed by atoms with E-state index in [4.69, 9.17) is 0 Å². The highest BCUT2D eigenvalue weighted by Gasteiger charge is 2.34. The Hall–Kier alpha value is -1.31. The number of rotatable bonds is 1. The molecule has 0 spiro atoms. The first kappa shape index (κ1) is 10.2. The highest BCUT2D eigenvalue weighted by Crippen LogP contribution is 2.32. The first-order valence-electron chi connectivity index (χ1n) is 5.39. The van der Waals surface area contributed by atoms with Crippen LogP contribution in [0.25, 0.3) is 0 Å². The van der Waals surface area contributed by atoms with E-state index in [2.05, 4.69) is 25.2 Å². The lowest BCUT2D eigenvalue weighted by atomic mass is 9.90. The van der Waals surface area contributed by atoms with Crippen LogP contribution in [0, 0.1) is 0 Å². The van der Waals surface area contributed by atoms with Crippen molar-refractivity contribution in [2.45, 2.75) is 39.2 Å². The Morgan fingerprint density at radius 2 is 1.93 bits per heavy atom. The Labute approximate surface area is 90.7 Å². The van der Waals surface area contributed by atoms with Crippen molar-refractivity contribution in [2.75, 3.05) is 0 Å². The molecule has 2 rings (SSSR count). The maximum Gasteiger partial charge on any atom is 0.252 e. The van der Waals surface area contributed by atoms with Crippen molar-refractivity contribution >= 4 is 5.91 Å². The van der Waals surface area contributed by atoms with Crippen molar-refractivity contribution < 1.29 is 4.79 Å². The quantitative estimate of drug-likeness (QED) is 0.747. The molecule has 1 aromatic rings. The van der Waals surface area contributed by atoms with Gasteiger partial charge in [-0.1, -0.05) is 26.0 Å². The predicted molar refractivity (Wildman–Crippen MR) is 61.0 cm³/mol. The maximum atomic E-state index is 11.7. The highest BCUT2D eigenvalue weighted by molar-refractivity contribution is 5.99. The maximum absolute atomic E-state index is 11.7. The zero-order valence-corrected chi connectivity index (χ0v) is 9.72. The molecule has 80 valence electrons. The summed E-state index contributed by atoms with van der Waals surface area (Å²) in [7, 11) is 0. The van der Waals surface area contributed by atoms with Crippen LogP contribution in [0.2, 0.25) is 0 Å². The fourth-order valence-corrected chi connectivity index (χ4v) is 2.05. The van der Waals surface area contributed by atoms with E-state index < -0.39 is 0 Å². The number of carbonyl (C=O) groups is 1. The van der Waals surface area contributed by atoms with E-state index >= 15 is 0 Å². The highest BCUT2D eigenvalue weighted by atomic mass is 16.2. The van der Waals surface area contributed by atoms with E-state index in [0.29, 0.717) is 5.92 Å². The lowest BCUT2D eigenvalue weighted by molar-refractivity contribution is 0.0940. The first-order chi connectivity index (χ1) is 6.92. The SMILES string of the molecule is CC(C)c1ccc2c(c1)C(C)(C)NC2=O. The minimum Gasteiger partial charge on any atom is -0.343 e. The molecule has 0 aliphatic carbocycles. The van der Waals surface area contributed by atoms with Gasteiger partial charge < -0.3 is 5.32 Å². The third-order valence-electron chi connectivity index (χ3n) is 3.05. The number of fused-ring (bicyclic) bond motifs is 1. The number of hydrogen-bond donors (Lipinski definition) is 1. The number of hydrogen-bond acceptors (Lipinski definition) is 1. The molecule has 2 heteroatoms. The molecule has 1 amide bonds. The molecule has 1 N–H and O–H groups in total. The van der Waals surface area contributed by atoms with Crippen molar-refractivity contribution in [3.8, 4) is 0 Å². The van der Waals surface area contributed by atoms with Crippen molar-refractivity contribution in [3.63, 3.8) is 0 Å². The fourth-order valence-electron chi connectivity index (χ4n) is 2.05. The Balaban J connectivity index is 2.57. The standard InChI is InChI=1S/C13H17NO/c1-8(2)9-5-6-10-11(7-9)13(3,4)14-12(10)15/h5-8H,1-4H3,(H,14,15). The molecule has 1 aliphatic rings. The van der Waals surface area contributed by atoms with Gasteiger partial charge in [0.15, 0.2) is 0 Å². The van der Waals surface area contributed by atoms with Gasteiger partial charge in [-0.25, -0.2) is 0 Å². The molecule has 2 nitrogen and oxygen atoms in total. The molecule has 0 fully saturated rings. The summed E-state index contributed by atoms with van der Waals surface area (Å²) in [6.07, 6.45) is 0. The molecule has 0 radical (unpaired) electrons. The predicted octanol–water partition coefficient (Wildman–Crippen LogP) is 2.79. The number of benzene rings is 1. The van der Waals surface area contributed by atoms with Crippen LogP contribution in [0.3, 0.4) is 0 Å². The van der Waals surface area contributed by atoms with Gasteiger partial charge in [0.05, 0.1) is 5.54 Å². The van der Waals surface area contributed by atoms with Crippen molar-refractivity contribution in [3.05, 3.63) is 34.9 Å². The molecule has 0 atom stereocenters. The van der Waals surface area contributed by atoms with Crippen LogP contribution < -0.4 is 5.32 Å². The lowest BCUT2D eigenvalue weighted by Gasteiger charge is -2.20. The van der Waals surface area contributed by atoms with E-state index in [1.54, 1.807) is 0 Å². The molecule has 0 bridgehead atoms. The molecule has 0 aromatic heterocycles. The van der Waals surface area contributed by atoms with Crippen LogP contribution in [-0.4, -0.2) is 5.91 Å². The van der Waals surface area contributed by atoms with Gasteiger partial charge in [0.2, 0.25) is 0 Å². The van der Waals surface area contributed by atoms with Crippen molar-refractivity contribution in [1.29, 1.82) is 0 Å². The summed E-state index contributed by atoms with van der Waals surface area (Å²) >= 11 is 0. The third kappa shape index (κ3) is 1.54. The zero-order valence-electron chi connectivity index (χ0n) is 9.72. The van der Waals surface area contributed by atoms with Gasteiger partial charge >= 0.3 is 0 Å². The minimum absolute atomic E-state index is 0.0466. The van der Waals surface area contributed by atoms with Gasteiger partial charge in [-0.3, -0.25) is 4.79 Å². The van der Waals surface area contributed by atoms with Crippen molar-refractivity contribution in [2.24, 2.45) is 0 Å². The monoisotopic (exact) mass is 203 g/mol. The number of amides is 1. The van der Waals surface area contributed by atoms with Crippen LogP contribution >= 0.6 is 0 Å². The summed E-state index contributed by atoms with van der Waals surface area (Å²) in [5, 5.41) is 2.99. The molecule has 0 saturated heterocycles. The molecule has 1 heterocycles. The summed E-state index contributed by atoms with van der Waals surface area (Å²) in [4.78, 5) is 11.7. The van der Waals surface area contributed by atoms with Gasteiger partial charge in [-0.2, -0.15) is 0 Å². The van der Waals surface area contributed by atoms with E-state index in [0.717, 1.165) is 11.1 Å². The Kier molecular flexibility index (Phi) is 2.10.